The molecule has 2 heterocycles. The number of nitrogens with one attached hydrogen (secondary N) is 1. The van der Waals surface area contributed by atoms with E-state index < -0.39 is 0 Å². The molecule has 18 heavy (non-hydrogen) atoms. The Labute approximate surface area is 112 Å². The molecule has 7 nitrogen and oxygen atoms in total. The number of aromatic nitrogens is 3. The summed E-state index contributed by atoms with van der Waals surface area (Å²) in [7, 11) is 0. The summed E-state index contributed by atoms with van der Waals surface area (Å²) in [5, 5.41) is -0.0713. The Bertz CT molecular complexity index is 558. The van der Waals surface area contributed by atoms with Gasteiger partial charge in [0.05, 0.1) is 0 Å². The molecule has 0 saturated carbocycles. The molecule has 1 aliphatic rings. The first kappa shape index (κ1) is 13.0. The van der Waals surface area contributed by atoms with Crippen LogP contribution in [0.1, 0.15) is 13.3 Å². The second kappa shape index (κ2) is 5.02. The van der Waals surface area contributed by atoms with E-state index in [0.717, 1.165) is 11.8 Å². The van der Waals surface area contributed by atoms with Crippen molar-refractivity contribution in [2.24, 2.45) is 0 Å². The number of hydrogen-bond acceptors (Lipinski definition) is 7. The molecule has 0 radical (unpaired) electrons. The smallest absolute Gasteiger partial charge is 0.230 e. The molecule has 0 aromatic carbocycles. The first-order valence-corrected chi connectivity index (χ1v) is 6.46. The molecule has 1 amide bonds. The monoisotopic (exact) mass is 285 g/mol. The van der Waals surface area contributed by atoms with Crippen molar-refractivity contribution in [2.75, 3.05) is 17.2 Å². The number of nitrogens with zero attached hydrogens (tertiary/aromatic N) is 3. The van der Waals surface area contributed by atoms with Crippen molar-refractivity contribution in [3.8, 4) is 0 Å². The van der Waals surface area contributed by atoms with Crippen LogP contribution in [0.5, 0.6) is 0 Å². The van der Waals surface area contributed by atoms with Gasteiger partial charge >= 0.3 is 0 Å². The van der Waals surface area contributed by atoms with Crippen molar-refractivity contribution >= 4 is 46.9 Å². The van der Waals surface area contributed by atoms with Gasteiger partial charge in [0, 0.05) is 25.1 Å². The van der Waals surface area contributed by atoms with Crippen LogP contribution in [0.4, 0.5) is 11.9 Å². The van der Waals surface area contributed by atoms with Gasteiger partial charge in [-0.1, -0.05) is 11.8 Å². The zero-order valence-corrected chi connectivity index (χ0v) is 11.2. The van der Waals surface area contributed by atoms with Crippen LogP contribution in [-0.2, 0) is 9.59 Å². The fourth-order valence-electron chi connectivity index (χ4n) is 1.71. The third-order valence-electron chi connectivity index (χ3n) is 2.34. The molecule has 9 heteroatoms. The van der Waals surface area contributed by atoms with Crippen LogP contribution in [0, 0.1) is 4.77 Å². The number of H-pyrrole nitrogens is 1. The summed E-state index contributed by atoms with van der Waals surface area (Å²) < 4.78 is 0.0803. The van der Waals surface area contributed by atoms with Gasteiger partial charge in [-0.3, -0.25) is 19.5 Å². The van der Waals surface area contributed by atoms with Crippen LogP contribution < -0.4 is 10.6 Å². The lowest BCUT2D eigenvalue weighted by molar-refractivity contribution is -0.117. The molecule has 1 aromatic heterocycles. The molecule has 2 rings (SSSR count). The van der Waals surface area contributed by atoms with Crippen molar-refractivity contribution in [3.63, 3.8) is 0 Å². The number of nitrogen functional groups attached to an aromatic ring is 1. The minimum absolute atomic E-state index is 0.00945. The zero-order valence-electron chi connectivity index (χ0n) is 9.54. The fourth-order valence-corrected chi connectivity index (χ4v) is 2.81. The highest BCUT2D eigenvalue weighted by atomic mass is 32.2. The average Bonchev–Trinajstić information content (AvgIpc) is 2.56. The molecular weight excluding hydrogens is 274 g/mol. The first-order chi connectivity index (χ1) is 8.45. The maximum atomic E-state index is 11.8. The van der Waals surface area contributed by atoms with Crippen molar-refractivity contribution in [1.82, 2.24) is 15.0 Å². The summed E-state index contributed by atoms with van der Waals surface area (Å²) in [6.07, 6.45) is 0.300. The molecular formula is C9H11N5O2S2. The Morgan fingerprint density at radius 1 is 1.61 bits per heavy atom. The molecule has 1 atom stereocenters. The standard InChI is InChI=1S/C9H11N5O2S2/c1-4(15)18-5-2-6(16)14(3-5)8-11-7(10)12-9(17)13-8/h5H,2-3H2,1H3,(H3,10,11,12,13,17). The van der Waals surface area contributed by atoms with E-state index in [1.165, 1.54) is 11.8 Å². The van der Waals surface area contributed by atoms with E-state index in [0.29, 0.717) is 13.0 Å². The Balaban J connectivity index is 2.21. The van der Waals surface area contributed by atoms with Crippen LogP contribution in [0.15, 0.2) is 0 Å². The number of thioether (sulfide) groups is 1. The van der Waals surface area contributed by atoms with Gasteiger partial charge in [-0.15, -0.1) is 0 Å². The predicted molar refractivity (Wildman–Crippen MR) is 70.7 cm³/mol. The highest BCUT2D eigenvalue weighted by Crippen LogP contribution is 2.26. The van der Waals surface area contributed by atoms with Gasteiger partial charge in [-0.2, -0.15) is 9.97 Å². The Hall–Kier alpha value is -1.48. The fraction of sp³-hybridized carbons (Fsp3) is 0.444. The van der Waals surface area contributed by atoms with Crippen LogP contribution in [0.25, 0.3) is 0 Å². The summed E-state index contributed by atoms with van der Waals surface area (Å²) in [6.45, 7) is 1.89. The molecule has 1 aromatic rings. The maximum Gasteiger partial charge on any atom is 0.230 e. The van der Waals surface area contributed by atoms with E-state index in [2.05, 4.69) is 15.0 Å². The lowest BCUT2D eigenvalue weighted by Gasteiger charge is -2.14. The molecule has 3 N–H and O–H groups in total. The number of carbonyl (C=O) groups is 2. The highest BCUT2D eigenvalue weighted by molar-refractivity contribution is 8.14. The number of anilines is 2. The third kappa shape index (κ3) is 2.85. The van der Waals surface area contributed by atoms with Crippen molar-refractivity contribution in [1.29, 1.82) is 0 Å². The van der Waals surface area contributed by atoms with Gasteiger partial charge in [0.1, 0.15) is 0 Å². The summed E-state index contributed by atoms with van der Waals surface area (Å²) in [5.41, 5.74) is 5.52. The van der Waals surface area contributed by atoms with Crippen LogP contribution >= 0.6 is 24.0 Å². The normalized spacial score (nSPS) is 19.3. The SMILES string of the molecule is CC(=O)SC1CC(=O)N(c2nc(=S)nc(N)[nH]2)C1. The largest absolute Gasteiger partial charge is 0.369 e. The van der Waals surface area contributed by atoms with Gasteiger partial charge < -0.3 is 5.73 Å². The molecule has 1 unspecified atom stereocenters. The van der Waals surface area contributed by atoms with Gasteiger partial charge in [0.15, 0.2) is 5.12 Å². The van der Waals surface area contributed by atoms with Crippen molar-refractivity contribution in [3.05, 3.63) is 4.77 Å². The van der Waals surface area contributed by atoms with E-state index >= 15 is 0 Å². The number of aromatic amines is 1. The quantitative estimate of drug-likeness (QED) is 0.762. The van der Waals surface area contributed by atoms with Gasteiger partial charge in [0.2, 0.25) is 22.6 Å². The summed E-state index contributed by atoms with van der Waals surface area (Å²) in [6, 6.07) is 0. The van der Waals surface area contributed by atoms with E-state index in [-0.39, 0.29) is 32.9 Å². The summed E-state index contributed by atoms with van der Waals surface area (Å²) in [4.78, 5) is 34.7. The molecule has 0 bridgehead atoms. The van der Waals surface area contributed by atoms with E-state index in [4.69, 9.17) is 18.0 Å². The number of carbonyl (C=O) groups excluding carboxylic acids is 2. The molecule has 0 aliphatic carbocycles. The Morgan fingerprint density at radius 3 is 2.94 bits per heavy atom. The van der Waals surface area contributed by atoms with E-state index in [1.807, 2.05) is 0 Å². The number of nitrogens with two attached hydrogens (primary N) is 1. The van der Waals surface area contributed by atoms with Crippen molar-refractivity contribution < 1.29 is 9.59 Å². The maximum absolute atomic E-state index is 11.8. The topological polar surface area (TPSA) is 105 Å². The second-order valence-electron chi connectivity index (χ2n) is 3.78. The lowest BCUT2D eigenvalue weighted by Crippen LogP contribution is -2.27. The van der Waals surface area contributed by atoms with Crippen molar-refractivity contribution in [2.45, 2.75) is 18.6 Å². The Kier molecular flexibility index (Phi) is 3.62. The molecule has 0 spiro atoms. The van der Waals surface area contributed by atoms with Gasteiger partial charge in [-0.25, -0.2) is 0 Å². The molecule has 1 aliphatic heterocycles. The van der Waals surface area contributed by atoms with Crippen LogP contribution in [0.3, 0.4) is 0 Å². The lowest BCUT2D eigenvalue weighted by atomic mass is 10.4. The first-order valence-electron chi connectivity index (χ1n) is 5.17. The Morgan fingerprint density at radius 2 is 2.33 bits per heavy atom. The summed E-state index contributed by atoms with van der Waals surface area (Å²) >= 11 is 6.00. The molecule has 1 fully saturated rings. The predicted octanol–water partition coefficient (Wildman–Crippen LogP) is 0.501. The minimum atomic E-state index is -0.113. The third-order valence-corrected chi connectivity index (χ3v) is 3.50. The van der Waals surface area contributed by atoms with Gasteiger partial charge in [0.25, 0.3) is 0 Å². The zero-order chi connectivity index (χ0) is 13.3. The minimum Gasteiger partial charge on any atom is -0.369 e. The second-order valence-corrected chi connectivity index (χ2v) is 5.62. The van der Waals surface area contributed by atoms with Crippen LogP contribution in [0.2, 0.25) is 0 Å². The highest BCUT2D eigenvalue weighted by Gasteiger charge is 2.33. The number of rotatable bonds is 2. The van der Waals surface area contributed by atoms with Crippen LogP contribution in [-0.4, -0.2) is 37.8 Å². The average molecular weight is 285 g/mol. The van der Waals surface area contributed by atoms with E-state index in [9.17, 15) is 9.59 Å². The number of hydrogen-bond donors (Lipinski definition) is 2. The number of amides is 1. The van der Waals surface area contributed by atoms with Gasteiger partial charge in [-0.05, 0) is 12.2 Å². The van der Waals surface area contributed by atoms with E-state index in [1.54, 1.807) is 0 Å². The molecule has 1 saturated heterocycles. The summed E-state index contributed by atoms with van der Waals surface area (Å²) in [5.74, 6) is 0.280. The molecule has 96 valence electrons.